The lowest BCUT2D eigenvalue weighted by molar-refractivity contribution is 0.319. The van der Waals surface area contributed by atoms with Crippen LogP contribution in [0.15, 0.2) is 35.0 Å². The van der Waals surface area contributed by atoms with Crippen molar-refractivity contribution in [2.75, 3.05) is 7.05 Å². The zero-order chi connectivity index (χ0) is 12.4. The topological polar surface area (TPSA) is 15.3 Å². The van der Waals surface area contributed by atoms with Crippen molar-refractivity contribution in [2.45, 2.75) is 26.2 Å². The van der Waals surface area contributed by atoms with Gasteiger partial charge in [0, 0.05) is 26.2 Å². The number of rotatable bonds is 4. The Kier molecular flexibility index (Phi) is 3.46. The second kappa shape index (κ2) is 5.22. The van der Waals surface area contributed by atoms with Gasteiger partial charge >= 0.3 is 0 Å². The maximum atomic E-state index is 3.39. The summed E-state index contributed by atoms with van der Waals surface area (Å²) in [7, 11) is 2.18. The van der Waals surface area contributed by atoms with Gasteiger partial charge in [-0.25, -0.2) is 0 Å². The molecule has 1 aliphatic heterocycles. The Morgan fingerprint density at radius 2 is 1.94 bits per heavy atom. The van der Waals surface area contributed by atoms with Gasteiger partial charge in [0.15, 0.2) is 0 Å². The van der Waals surface area contributed by atoms with Crippen LogP contribution in [0.3, 0.4) is 0 Å². The van der Waals surface area contributed by atoms with E-state index in [0.29, 0.717) is 0 Å². The molecule has 3 rings (SSSR count). The van der Waals surface area contributed by atoms with Crippen LogP contribution in [0, 0.1) is 0 Å². The van der Waals surface area contributed by atoms with E-state index in [4.69, 9.17) is 0 Å². The molecule has 0 amide bonds. The largest absolute Gasteiger partial charge is 0.309 e. The van der Waals surface area contributed by atoms with Crippen molar-refractivity contribution in [3.63, 3.8) is 0 Å². The highest BCUT2D eigenvalue weighted by molar-refractivity contribution is 7.07. The van der Waals surface area contributed by atoms with Crippen LogP contribution in [0.4, 0.5) is 0 Å². The van der Waals surface area contributed by atoms with Gasteiger partial charge in [-0.05, 0) is 46.1 Å². The van der Waals surface area contributed by atoms with Gasteiger partial charge in [0.25, 0.3) is 0 Å². The number of thiophene rings is 1. The van der Waals surface area contributed by atoms with Crippen molar-refractivity contribution in [2.24, 2.45) is 0 Å². The van der Waals surface area contributed by atoms with Crippen LogP contribution in [-0.2, 0) is 26.2 Å². The first-order chi connectivity index (χ1) is 8.81. The SMILES string of the molecule is CN(Cc1ccsc1)Cc1ccc2c(c1)CNC2. The lowest BCUT2D eigenvalue weighted by Crippen LogP contribution is -2.16. The maximum Gasteiger partial charge on any atom is 0.0242 e. The Morgan fingerprint density at radius 1 is 1.11 bits per heavy atom. The first-order valence-corrected chi connectivity index (χ1v) is 7.26. The lowest BCUT2D eigenvalue weighted by Gasteiger charge is -2.16. The highest BCUT2D eigenvalue weighted by atomic mass is 32.1. The Balaban J connectivity index is 1.65. The van der Waals surface area contributed by atoms with Crippen molar-refractivity contribution in [1.82, 2.24) is 10.2 Å². The molecule has 0 aliphatic carbocycles. The Labute approximate surface area is 112 Å². The van der Waals surface area contributed by atoms with E-state index in [9.17, 15) is 0 Å². The lowest BCUT2D eigenvalue weighted by atomic mass is 10.1. The minimum atomic E-state index is 1.02. The molecule has 18 heavy (non-hydrogen) atoms. The summed E-state index contributed by atoms with van der Waals surface area (Å²) >= 11 is 1.77. The summed E-state index contributed by atoms with van der Waals surface area (Å²) in [6, 6.07) is 9.08. The quantitative estimate of drug-likeness (QED) is 0.907. The highest BCUT2D eigenvalue weighted by Gasteiger charge is 2.10. The molecule has 0 radical (unpaired) electrons. The molecule has 0 saturated carbocycles. The van der Waals surface area contributed by atoms with Crippen LogP contribution < -0.4 is 5.32 Å². The predicted molar refractivity (Wildman–Crippen MR) is 76.5 cm³/mol. The smallest absolute Gasteiger partial charge is 0.0242 e. The summed E-state index contributed by atoms with van der Waals surface area (Å²) in [4.78, 5) is 2.37. The molecule has 3 heteroatoms. The van der Waals surface area contributed by atoms with E-state index >= 15 is 0 Å². The first-order valence-electron chi connectivity index (χ1n) is 6.32. The number of nitrogens with zero attached hydrogens (tertiary/aromatic N) is 1. The Hall–Kier alpha value is -1.16. The molecule has 1 aromatic carbocycles. The zero-order valence-corrected chi connectivity index (χ0v) is 11.5. The van der Waals surface area contributed by atoms with Crippen LogP contribution >= 0.6 is 11.3 Å². The van der Waals surface area contributed by atoms with Gasteiger partial charge in [0.05, 0.1) is 0 Å². The van der Waals surface area contributed by atoms with Gasteiger partial charge in [0.2, 0.25) is 0 Å². The molecule has 1 aromatic heterocycles. The van der Waals surface area contributed by atoms with Gasteiger partial charge < -0.3 is 5.32 Å². The van der Waals surface area contributed by atoms with Crippen molar-refractivity contribution in [3.8, 4) is 0 Å². The fourth-order valence-corrected chi connectivity index (χ4v) is 3.17. The van der Waals surface area contributed by atoms with E-state index in [2.05, 4.69) is 52.3 Å². The predicted octanol–water partition coefficient (Wildman–Crippen LogP) is 2.98. The maximum absolute atomic E-state index is 3.39. The standard InChI is InChI=1S/C15H18N2S/c1-17(10-13-4-5-18-11-13)9-12-2-3-14-7-16-8-15(14)6-12/h2-6,11,16H,7-10H2,1H3. The monoisotopic (exact) mass is 258 g/mol. The molecule has 2 nitrogen and oxygen atoms in total. The van der Waals surface area contributed by atoms with E-state index in [1.54, 1.807) is 11.3 Å². The molecule has 1 N–H and O–H groups in total. The van der Waals surface area contributed by atoms with Gasteiger partial charge in [0.1, 0.15) is 0 Å². The number of hydrogen-bond acceptors (Lipinski definition) is 3. The van der Waals surface area contributed by atoms with Gasteiger partial charge in [-0.2, -0.15) is 11.3 Å². The van der Waals surface area contributed by atoms with E-state index in [1.807, 2.05) is 0 Å². The second-order valence-corrected chi connectivity index (χ2v) is 5.79. The summed E-state index contributed by atoms with van der Waals surface area (Å²) < 4.78 is 0. The molecule has 2 aromatic rings. The van der Waals surface area contributed by atoms with Crippen LogP contribution in [0.1, 0.15) is 22.3 Å². The third-order valence-electron chi connectivity index (χ3n) is 3.39. The van der Waals surface area contributed by atoms with Crippen molar-refractivity contribution < 1.29 is 0 Å². The van der Waals surface area contributed by atoms with Crippen molar-refractivity contribution in [3.05, 3.63) is 57.3 Å². The van der Waals surface area contributed by atoms with Gasteiger partial charge in [-0.3, -0.25) is 4.90 Å². The molecule has 0 unspecified atom stereocenters. The number of hydrogen-bond donors (Lipinski definition) is 1. The Morgan fingerprint density at radius 3 is 2.78 bits per heavy atom. The molecule has 0 spiro atoms. The van der Waals surface area contributed by atoms with Crippen molar-refractivity contribution in [1.29, 1.82) is 0 Å². The number of nitrogens with one attached hydrogen (secondary N) is 1. The molecular weight excluding hydrogens is 240 g/mol. The average molecular weight is 258 g/mol. The van der Waals surface area contributed by atoms with Crippen LogP contribution in [0.25, 0.3) is 0 Å². The summed E-state index contributed by atoms with van der Waals surface area (Å²) in [6.07, 6.45) is 0. The fourth-order valence-electron chi connectivity index (χ4n) is 2.51. The average Bonchev–Trinajstić information content (AvgIpc) is 2.98. The highest BCUT2D eigenvalue weighted by Crippen LogP contribution is 2.18. The first kappa shape index (κ1) is 11.9. The summed E-state index contributed by atoms with van der Waals surface area (Å²) in [5, 5.41) is 7.76. The molecule has 94 valence electrons. The molecule has 2 heterocycles. The van der Waals surface area contributed by atoms with E-state index in [-0.39, 0.29) is 0 Å². The minimum absolute atomic E-state index is 1.02. The zero-order valence-electron chi connectivity index (χ0n) is 10.6. The normalized spacial score (nSPS) is 14.1. The number of benzene rings is 1. The van der Waals surface area contributed by atoms with Crippen LogP contribution in [0.2, 0.25) is 0 Å². The fraction of sp³-hybridized carbons (Fsp3) is 0.333. The summed E-state index contributed by atoms with van der Waals surface area (Å²) in [5.41, 5.74) is 5.75. The summed E-state index contributed by atoms with van der Waals surface area (Å²) in [5.74, 6) is 0. The van der Waals surface area contributed by atoms with E-state index in [1.165, 1.54) is 22.3 Å². The molecule has 0 bridgehead atoms. The van der Waals surface area contributed by atoms with Crippen molar-refractivity contribution >= 4 is 11.3 Å². The van der Waals surface area contributed by atoms with Gasteiger partial charge in [-0.15, -0.1) is 0 Å². The second-order valence-electron chi connectivity index (χ2n) is 5.01. The van der Waals surface area contributed by atoms with Crippen LogP contribution in [0.5, 0.6) is 0 Å². The van der Waals surface area contributed by atoms with E-state index in [0.717, 1.165) is 26.2 Å². The molecule has 0 saturated heterocycles. The molecular formula is C15H18N2S. The molecule has 0 fully saturated rings. The Bertz CT molecular complexity index is 519. The summed E-state index contributed by atoms with van der Waals surface area (Å²) in [6.45, 7) is 4.10. The third kappa shape index (κ3) is 2.64. The van der Waals surface area contributed by atoms with E-state index < -0.39 is 0 Å². The van der Waals surface area contributed by atoms with Gasteiger partial charge in [-0.1, -0.05) is 18.2 Å². The molecule has 1 aliphatic rings. The minimum Gasteiger partial charge on any atom is -0.309 e. The van der Waals surface area contributed by atoms with Crippen LogP contribution in [-0.4, -0.2) is 11.9 Å². The third-order valence-corrected chi connectivity index (χ3v) is 4.12. The molecule has 0 atom stereocenters. The number of fused-ring (bicyclic) bond motifs is 1.